The van der Waals surface area contributed by atoms with E-state index < -0.39 is 16.9 Å². The summed E-state index contributed by atoms with van der Waals surface area (Å²) >= 11 is 1.26. The minimum Gasteiger partial charge on any atom is -0.490 e. The van der Waals surface area contributed by atoms with Gasteiger partial charge in [-0.2, -0.15) is 0 Å². The molecule has 2 aliphatic heterocycles. The molecule has 2 unspecified atom stereocenters. The van der Waals surface area contributed by atoms with Crippen molar-refractivity contribution in [3.05, 3.63) is 59.2 Å². The number of hydrogen-bond acceptors (Lipinski definition) is 4. The van der Waals surface area contributed by atoms with E-state index in [1.165, 1.54) is 30.0 Å². The third-order valence-electron chi connectivity index (χ3n) is 5.59. The minimum atomic E-state index is -0.575. The Morgan fingerprint density at radius 1 is 1.13 bits per heavy atom. The fraction of sp³-hybridized carbons (Fsp3) is 0.435. The van der Waals surface area contributed by atoms with Crippen molar-refractivity contribution in [3.8, 4) is 11.5 Å². The van der Waals surface area contributed by atoms with Gasteiger partial charge in [0, 0.05) is 23.8 Å². The average molecular weight is 434 g/mol. The molecule has 0 bridgehead atoms. The molecule has 2 atom stereocenters. The molecule has 4 nitrogen and oxygen atoms in total. The molecule has 0 saturated carbocycles. The summed E-state index contributed by atoms with van der Waals surface area (Å²) in [6, 6.07) is 9.71. The maximum Gasteiger partial charge on any atom is 0.233 e. The Hall–Kier alpha value is -2.28. The van der Waals surface area contributed by atoms with Crippen LogP contribution in [0.5, 0.6) is 11.5 Å². The summed E-state index contributed by atoms with van der Waals surface area (Å²) < 4.78 is 39.5. The Morgan fingerprint density at radius 3 is 2.63 bits per heavy atom. The third-order valence-corrected chi connectivity index (χ3v) is 6.74. The van der Waals surface area contributed by atoms with Crippen LogP contribution in [0.15, 0.2) is 36.4 Å². The van der Waals surface area contributed by atoms with Gasteiger partial charge in [0.05, 0.1) is 25.0 Å². The lowest BCUT2D eigenvalue weighted by Crippen LogP contribution is -2.32. The number of thioether (sulfide) groups is 1. The highest BCUT2D eigenvalue weighted by atomic mass is 32.2. The minimum absolute atomic E-state index is 0.0155. The van der Waals surface area contributed by atoms with Gasteiger partial charge in [0.25, 0.3) is 0 Å². The third kappa shape index (κ3) is 4.41. The quantitative estimate of drug-likeness (QED) is 0.643. The first-order valence-corrected chi connectivity index (χ1v) is 11.3. The normalized spacial score (nSPS) is 19.4. The smallest absolute Gasteiger partial charge is 0.233 e. The van der Waals surface area contributed by atoms with Crippen LogP contribution in [0.2, 0.25) is 0 Å². The van der Waals surface area contributed by atoms with Gasteiger partial charge < -0.3 is 14.4 Å². The number of nitrogens with zero attached hydrogens (tertiary/aromatic N) is 1. The van der Waals surface area contributed by atoms with E-state index in [1.54, 1.807) is 6.92 Å². The summed E-state index contributed by atoms with van der Waals surface area (Å²) in [4.78, 5) is 14.8. The number of halogens is 2. The molecule has 0 N–H and O–H groups in total. The Morgan fingerprint density at radius 2 is 1.87 bits per heavy atom. The van der Waals surface area contributed by atoms with Crippen molar-refractivity contribution < 1.29 is 23.0 Å². The number of hydrogen-bond donors (Lipinski definition) is 0. The molecule has 2 heterocycles. The second-order valence-corrected chi connectivity index (χ2v) is 8.92. The molecule has 1 amide bonds. The van der Waals surface area contributed by atoms with Crippen LogP contribution in [-0.4, -0.2) is 36.3 Å². The van der Waals surface area contributed by atoms with Gasteiger partial charge in [0.15, 0.2) is 11.5 Å². The summed E-state index contributed by atoms with van der Waals surface area (Å²) in [6.07, 6.45) is 2.65. The number of ether oxygens (including phenoxy) is 2. The lowest BCUT2D eigenvalue weighted by Gasteiger charge is -2.26. The molecule has 0 aromatic heterocycles. The van der Waals surface area contributed by atoms with E-state index in [9.17, 15) is 13.6 Å². The Labute approximate surface area is 179 Å². The number of carbonyl (C=O) groups is 1. The molecular weight excluding hydrogens is 408 g/mol. The molecule has 7 heteroatoms. The second-order valence-electron chi connectivity index (χ2n) is 7.59. The Bertz CT molecular complexity index is 903. The van der Waals surface area contributed by atoms with Crippen molar-refractivity contribution in [2.45, 2.75) is 37.5 Å². The van der Waals surface area contributed by atoms with Gasteiger partial charge in [-0.1, -0.05) is 12.1 Å². The average Bonchev–Trinajstić information content (AvgIpc) is 3.10. The molecule has 0 spiro atoms. The van der Waals surface area contributed by atoms with Crippen LogP contribution in [0.25, 0.3) is 0 Å². The monoisotopic (exact) mass is 433 g/mol. The van der Waals surface area contributed by atoms with E-state index in [0.717, 1.165) is 36.3 Å². The number of amides is 1. The zero-order valence-electron chi connectivity index (χ0n) is 16.9. The standard InChI is InChI=1S/C23H25F2NO3S/c1-15(23-17(24)5-2-6-18(23)25)30-14-22(27)26-10-3-7-19(26)16-8-9-20-21(13-16)29-12-4-11-28-20/h2,5-6,8-9,13,15,19H,3-4,7,10-12,14H2,1H3. The summed E-state index contributed by atoms with van der Waals surface area (Å²) in [5.41, 5.74) is 1.06. The van der Waals surface area contributed by atoms with E-state index in [0.29, 0.717) is 19.8 Å². The second kappa shape index (κ2) is 9.25. The Balaban J connectivity index is 1.43. The van der Waals surface area contributed by atoms with Gasteiger partial charge in [-0.3, -0.25) is 4.79 Å². The lowest BCUT2D eigenvalue weighted by atomic mass is 10.0. The number of likely N-dealkylation sites (tertiary alicyclic amines) is 1. The summed E-state index contributed by atoms with van der Waals surface area (Å²) in [6.45, 7) is 3.66. The van der Waals surface area contributed by atoms with Crippen molar-refractivity contribution in [2.75, 3.05) is 25.5 Å². The van der Waals surface area contributed by atoms with Crippen LogP contribution in [0, 0.1) is 11.6 Å². The molecule has 2 aromatic carbocycles. The molecular formula is C23H25F2NO3S. The topological polar surface area (TPSA) is 38.8 Å². The zero-order chi connectivity index (χ0) is 21.1. The van der Waals surface area contributed by atoms with Crippen LogP contribution in [-0.2, 0) is 4.79 Å². The number of rotatable bonds is 5. The highest BCUT2D eigenvalue weighted by Crippen LogP contribution is 2.39. The van der Waals surface area contributed by atoms with E-state index >= 15 is 0 Å². The van der Waals surface area contributed by atoms with Crippen LogP contribution in [0.3, 0.4) is 0 Å². The predicted molar refractivity (Wildman–Crippen MR) is 113 cm³/mol. The highest BCUT2D eigenvalue weighted by Gasteiger charge is 2.31. The summed E-state index contributed by atoms with van der Waals surface area (Å²) in [5.74, 6) is 0.474. The van der Waals surface area contributed by atoms with Crippen molar-refractivity contribution in [3.63, 3.8) is 0 Å². The first kappa shape index (κ1) is 21.0. The van der Waals surface area contributed by atoms with Gasteiger partial charge in [0.2, 0.25) is 5.91 Å². The molecule has 2 aliphatic rings. The summed E-state index contributed by atoms with van der Waals surface area (Å²) in [7, 11) is 0. The Kier molecular flexibility index (Phi) is 6.46. The van der Waals surface area contributed by atoms with Crippen LogP contribution < -0.4 is 9.47 Å². The molecule has 30 heavy (non-hydrogen) atoms. The summed E-state index contributed by atoms with van der Waals surface area (Å²) in [5, 5.41) is -0.450. The van der Waals surface area contributed by atoms with E-state index in [-0.39, 0.29) is 23.3 Å². The molecule has 4 rings (SSSR count). The highest BCUT2D eigenvalue weighted by molar-refractivity contribution is 8.00. The fourth-order valence-electron chi connectivity index (χ4n) is 4.06. The maximum absolute atomic E-state index is 14.0. The van der Waals surface area contributed by atoms with Crippen LogP contribution in [0.4, 0.5) is 8.78 Å². The number of benzene rings is 2. The van der Waals surface area contributed by atoms with Crippen molar-refractivity contribution in [1.29, 1.82) is 0 Å². The van der Waals surface area contributed by atoms with Crippen LogP contribution >= 0.6 is 11.8 Å². The van der Waals surface area contributed by atoms with Crippen molar-refractivity contribution in [1.82, 2.24) is 4.90 Å². The SMILES string of the molecule is CC(SCC(=O)N1CCCC1c1ccc2c(c1)OCCCO2)c1c(F)cccc1F. The van der Waals surface area contributed by atoms with Crippen molar-refractivity contribution in [2.24, 2.45) is 0 Å². The molecule has 2 aromatic rings. The fourth-order valence-corrected chi connectivity index (χ4v) is 5.01. The van der Waals surface area contributed by atoms with E-state index in [2.05, 4.69) is 0 Å². The molecule has 0 radical (unpaired) electrons. The number of fused-ring (bicyclic) bond motifs is 1. The van der Waals surface area contributed by atoms with Crippen LogP contribution in [0.1, 0.15) is 48.6 Å². The molecule has 1 saturated heterocycles. The predicted octanol–water partition coefficient (Wildman–Crippen LogP) is 5.28. The number of carbonyl (C=O) groups excluding carboxylic acids is 1. The van der Waals surface area contributed by atoms with Gasteiger partial charge in [-0.25, -0.2) is 8.78 Å². The molecule has 0 aliphatic carbocycles. The zero-order valence-corrected chi connectivity index (χ0v) is 17.7. The first-order valence-electron chi connectivity index (χ1n) is 10.3. The van der Waals surface area contributed by atoms with Crippen molar-refractivity contribution >= 4 is 17.7 Å². The molecule has 160 valence electrons. The van der Waals surface area contributed by atoms with E-state index in [1.807, 2.05) is 23.1 Å². The van der Waals surface area contributed by atoms with Gasteiger partial charge in [-0.05, 0) is 49.6 Å². The molecule has 1 fully saturated rings. The van der Waals surface area contributed by atoms with Gasteiger partial charge in [0.1, 0.15) is 11.6 Å². The van der Waals surface area contributed by atoms with Gasteiger partial charge in [-0.15, -0.1) is 11.8 Å². The largest absolute Gasteiger partial charge is 0.490 e. The van der Waals surface area contributed by atoms with Gasteiger partial charge >= 0.3 is 0 Å². The van der Waals surface area contributed by atoms with E-state index in [4.69, 9.17) is 9.47 Å². The lowest BCUT2D eigenvalue weighted by molar-refractivity contribution is -0.129. The maximum atomic E-state index is 14.0. The first-order chi connectivity index (χ1) is 14.5.